The zero-order valence-electron chi connectivity index (χ0n) is 11.9. The van der Waals surface area contributed by atoms with Crippen LogP contribution in [0.3, 0.4) is 0 Å². The minimum absolute atomic E-state index is 0.281. The number of carbonyl (C=O) groups is 2. The first-order valence-electron chi connectivity index (χ1n) is 5.74. The van der Waals surface area contributed by atoms with Gasteiger partial charge in [0.25, 0.3) is 0 Å². The highest BCUT2D eigenvalue weighted by Crippen LogP contribution is 1.98. The number of nitrogens with zero attached hydrogens (tertiary/aromatic N) is 1. The minimum Gasteiger partial charge on any atom is -0.463 e. The highest BCUT2D eigenvalue weighted by atomic mass is 16.7. The summed E-state index contributed by atoms with van der Waals surface area (Å²) in [5.41, 5.74) is 0.654. The molecule has 0 unspecified atom stereocenters. The third kappa shape index (κ3) is 12.4. The van der Waals surface area contributed by atoms with Crippen LogP contribution in [0.25, 0.3) is 0 Å². The van der Waals surface area contributed by atoms with Gasteiger partial charge in [-0.05, 0) is 20.3 Å². The molecule has 0 spiro atoms. The maximum atomic E-state index is 11.0. The standard InChI is InChI=1S/C8H15NO2.C5H8O2/c1-5-6-7(2)8(10)11-9(3)4;1-3-5(6)7-4-2/h6H,5H2,1-4H3;3H,1,4H2,2H3. The van der Waals surface area contributed by atoms with Gasteiger partial charge in [-0.3, -0.25) is 0 Å². The first-order chi connectivity index (χ1) is 8.38. The van der Waals surface area contributed by atoms with Gasteiger partial charge in [-0.1, -0.05) is 19.6 Å². The summed E-state index contributed by atoms with van der Waals surface area (Å²) in [5.74, 6) is -0.639. The van der Waals surface area contributed by atoms with Crippen molar-refractivity contribution in [3.63, 3.8) is 0 Å². The monoisotopic (exact) mass is 257 g/mol. The largest absolute Gasteiger partial charge is 0.463 e. The normalized spacial score (nSPS) is 10.2. The van der Waals surface area contributed by atoms with E-state index < -0.39 is 0 Å². The summed E-state index contributed by atoms with van der Waals surface area (Å²) in [5, 5.41) is 1.38. The Bertz CT molecular complexity index is 295. The molecule has 0 amide bonds. The van der Waals surface area contributed by atoms with E-state index in [0.717, 1.165) is 12.5 Å². The molecule has 0 bridgehead atoms. The van der Waals surface area contributed by atoms with Crippen molar-refractivity contribution in [2.45, 2.75) is 27.2 Å². The molecule has 104 valence electrons. The van der Waals surface area contributed by atoms with Gasteiger partial charge in [0.15, 0.2) is 0 Å². The molecule has 5 heteroatoms. The molecular formula is C13H23NO4. The van der Waals surface area contributed by atoms with Crippen molar-refractivity contribution in [1.29, 1.82) is 0 Å². The molecule has 0 heterocycles. The van der Waals surface area contributed by atoms with Crippen LogP contribution in [-0.2, 0) is 19.2 Å². The molecule has 0 aromatic rings. The smallest absolute Gasteiger partial charge is 0.352 e. The van der Waals surface area contributed by atoms with Crippen LogP contribution < -0.4 is 0 Å². The van der Waals surface area contributed by atoms with Crippen LogP contribution >= 0.6 is 0 Å². The zero-order valence-corrected chi connectivity index (χ0v) is 11.9. The van der Waals surface area contributed by atoms with Crippen LogP contribution in [0.15, 0.2) is 24.3 Å². The molecule has 0 saturated heterocycles. The van der Waals surface area contributed by atoms with E-state index in [9.17, 15) is 9.59 Å². The third-order valence-corrected chi connectivity index (χ3v) is 1.55. The summed E-state index contributed by atoms with van der Waals surface area (Å²) in [6, 6.07) is 0. The number of hydrogen-bond acceptors (Lipinski definition) is 5. The lowest BCUT2D eigenvalue weighted by Crippen LogP contribution is -2.18. The van der Waals surface area contributed by atoms with Crippen LogP contribution in [0, 0.1) is 0 Å². The second-order valence-electron chi connectivity index (χ2n) is 3.44. The van der Waals surface area contributed by atoms with Crippen LogP contribution in [-0.4, -0.2) is 37.7 Å². The topological polar surface area (TPSA) is 55.8 Å². The van der Waals surface area contributed by atoms with Gasteiger partial charge in [-0.2, -0.15) is 0 Å². The summed E-state index contributed by atoms with van der Waals surface area (Å²) < 4.78 is 4.43. The maximum absolute atomic E-state index is 11.0. The van der Waals surface area contributed by atoms with Crippen molar-refractivity contribution in [2.24, 2.45) is 0 Å². The van der Waals surface area contributed by atoms with E-state index in [1.54, 1.807) is 27.9 Å². The first kappa shape index (κ1) is 18.7. The number of esters is 1. The lowest BCUT2D eigenvalue weighted by molar-refractivity contribution is -0.172. The second-order valence-corrected chi connectivity index (χ2v) is 3.44. The summed E-state index contributed by atoms with van der Waals surface area (Å²) in [6.07, 6.45) is 3.84. The molecule has 0 atom stereocenters. The van der Waals surface area contributed by atoms with Crippen molar-refractivity contribution in [3.8, 4) is 0 Å². The molecular weight excluding hydrogens is 234 g/mol. The molecule has 0 aromatic carbocycles. The number of hydrogen-bond donors (Lipinski definition) is 0. The Labute approximate surface area is 109 Å². The fourth-order valence-corrected chi connectivity index (χ4v) is 0.829. The SMILES string of the molecule is C=CC(=O)OCC.CCC=C(C)C(=O)ON(C)C. The van der Waals surface area contributed by atoms with Crippen molar-refractivity contribution in [3.05, 3.63) is 24.3 Å². The van der Waals surface area contributed by atoms with E-state index in [2.05, 4.69) is 11.3 Å². The van der Waals surface area contributed by atoms with Gasteiger partial charge in [0.2, 0.25) is 0 Å². The molecule has 0 N–H and O–H groups in total. The average molecular weight is 257 g/mol. The van der Waals surface area contributed by atoms with E-state index in [-0.39, 0.29) is 11.9 Å². The Hall–Kier alpha value is -1.62. The Balaban J connectivity index is 0. The Kier molecular flexibility index (Phi) is 12.3. The zero-order chi connectivity index (χ0) is 14.6. The number of carbonyl (C=O) groups excluding carboxylic acids is 2. The molecule has 0 aliphatic heterocycles. The van der Waals surface area contributed by atoms with E-state index in [4.69, 9.17) is 4.84 Å². The van der Waals surface area contributed by atoms with Crippen LogP contribution in [0.1, 0.15) is 27.2 Å². The van der Waals surface area contributed by atoms with E-state index >= 15 is 0 Å². The van der Waals surface area contributed by atoms with Gasteiger partial charge in [0.05, 0.1) is 6.61 Å². The van der Waals surface area contributed by atoms with Gasteiger partial charge in [0.1, 0.15) is 0 Å². The number of hydroxylamine groups is 2. The Morgan fingerprint density at radius 1 is 1.28 bits per heavy atom. The van der Waals surface area contributed by atoms with Gasteiger partial charge in [-0.15, -0.1) is 5.06 Å². The van der Waals surface area contributed by atoms with Crippen molar-refractivity contribution in [2.75, 3.05) is 20.7 Å². The predicted octanol–water partition coefficient (Wildman–Crippen LogP) is 2.10. The fourth-order valence-electron chi connectivity index (χ4n) is 0.829. The summed E-state index contributed by atoms with van der Waals surface area (Å²) in [4.78, 5) is 25.9. The Morgan fingerprint density at radius 3 is 2.11 bits per heavy atom. The Morgan fingerprint density at radius 2 is 1.83 bits per heavy atom. The summed E-state index contributed by atoms with van der Waals surface area (Å²) in [7, 11) is 3.36. The minimum atomic E-state index is -0.359. The molecule has 0 aromatic heterocycles. The molecule has 0 rings (SSSR count). The lowest BCUT2D eigenvalue weighted by Gasteiger charge is -2.09. The molecule has 0 radical (unpaired) electrons. The van der Waals surface area contributed by atoms with Crippen LogP contribution in [0.2, 0.25) is 0 Å². The molecule has 0 saturated carbocycles. The van der Waals surface area contributed by atoms with Gasteiger partial charge >= 0.3 is 11.9 Å². The van der Waals surface area contributed by atoms with Crippen molar-refractivity contribution in [1.82, 2.24) is 5.06 Å². The van der Waals surface area contributed by atoms with Crippen LogP contribution in [0.5, 0.6) is 0 Å². The van der Waals surface area contributed by atoms with Gasteiger partial charge < -0.3 is 9.57 Å². The van der Waals surface area contributed by atoms with Crippen molar-refractivity contribution < 1.29 is 19.2 Å². The van der Waals surface area contributed by atoms with Crippen LogP contribution in [0.4, 0.5) is 0 Å². The molecule has 0 aliphatic rings. The second kappa shape index (κ2) is 11.9. The number of rotatable bonds is 5. The van der Waals surface area contributed by atoms with E-state index in [0.29, 0.717) is 12.2 Å². The lowest BCUT2D eigenvalue weighted by atomic mass is 10.2. The van der Waals surface area contributed by atoms with E-state index in [1.807, 2.05) is 13.0 Å². The highest BCUT2D eigenvalue weighted by Gasteiger charge is 2.05. The molecule has 5 nitrogen and oxygen atoms in total. The van der Waals surface area contributed by atoms with Gasteiger partial charge in [-0.25, -0.2) is 9.59 Å². The molecule has 18 heavy (non-hydrogen) atoms. The first-order valence-corrected chi connectivity index (χ1v) is 5.74. The predicted molar refractivity (Wildman–Crippen MR) is 70.7 cm³/mol. The highest BCUT2D eigenvalue weighted by molar-refractivity contribution is 5.87. The fraction of sp³-hybridized carbons (Fsp3) is 0.538. The quantitative estimate of drug-likeness (QED) is 0.429. The number of ether oxygens (including phenoxy) is 1. The van der Waals surface area contributed by atoms with E-state index in [1.165, 1.54) is 5.06 Å². The summed E-state index contributed by atoms with van der Waals surface area (Å²) >= 11 is 0. The summed E-state index contributed by atoms with van der Waals surface area (Å²) in [6.45, 7) is 9.10. The molecule has 0 aliphatic carbocycles. The van der Waals surface area contributed by atoms with Gasteiger partial charge in [0, 0.05) is 25.7 Å². The number of allylic oxidation sites excluding steroid dienone is 1. The third-order valence-electron chi connectivity index (χ3n) is 1.55. The average Bonchev–Trinajstić information content (AvgIpc) is 2.29. The van der Waals surface area contributed by atoms with Crippen molar-refractivity contribution >= 4 is 11.9 Å². The maximum Gasteiger partial charge on any atom is 0.352 e. The molecule has 0 fully saturated rings.